The topological polar surface area (TPSA) is 74.4 Å². The Labute approximate surface area is 133 Å². The predicted octanol–water partition coefficient (Wildman–Crippen LogP) is 0.475. The molecule has 0 spiro atoms. The van der Waals surface area contributed by atoms with Crippen LogP contribution in [0.25, 0.3) is 10.9 Å². The maximum Gasteiger partial charge on any atom is 0.227 e. The molecule has 2 aromatic rings. The average molecular weight is 313 g/mol. The number of carbonyl (C=O) groups excluding carboxylic acids is 1. The number of rotatable bonds is 2. The summed E-state index contributed by atoms with van der Waals surface area (Å²) in [5.74, 6) is -0.0725. The van der Waals surface area contributed by atoms with Crippen molar-refractivity contribution in [1.29, 1.82) is 0 Å². The van der Waals surface area contributed by atoms with Crippen molar-refractivity contribution in [3.05, 3.63) is 46.2 Å². The lowest BCUT2D eigenvalue weighted by Gasteiger charge is -2.27. The van der Waals surface area contributed by atoms with Crippen LogP contribution >= 0.6 is 0 Å². The Balaban J connectivity index is 1.60. The number of nitrogens with zero attached hydrogens (tertiary/aromatic N) is 1. The van der Waals surface area contributed by atoms with Gasteiger partial charge in [0.25, 0.3) is 0 Å². The number of amides is 1. The highest BCUT2D eigenvalue weighted by atomic mass is 16.5. The SMILES string of the molecule is O=C1N[C@@H]2COC[C@H]1CN(Cc1cc(=O)c3ccccc3[nH]1)C2. The normalized spacial score (nSPS) is 25.1. The summed E-state index contributed by atoms with van der Waals surface area (Å²) in [6.07, 6.45) is 0. The van der Waals surface area contributed by atoms with Crippen LogP contribution in [0.15, 0.2) is 35.1 Å². The molecule has 2 atom stereocenters. The largest absolute Gasteiger partial charge is 0.378 e. The van der Waals surface area contributed by atoms with Gasteiger partial charge < -0.3 is 15.0 Å². The molecule has 3 heterocycles. The van der Waals surface area contributed by atoms with Gasteiger partial charge in [-0.2, -0.15) is 0 Å². The number of para-hydroxylation sites is 1. The van der Waals surface area contributed by atoms with Crippen LogP contribution in [-0.4, -0.2) is 48.1 Å². The summed E-state index contributed by atoms with van der Waals surface area (Å²) in [4.78, 5) is 29.8. The summed E-state index contributed by atoms with van der Waals surface area (Å²) in [5, 5.41) is 3.72. The van der Waals surface area contributed by atoms with Gasteiger partial charge in [-0.3, -0.25) is 14.5 Å². The van der Waals surface area contributed by atoms with Gasteiger partial charge in [0.1, 0.15) is 0 Å². The van der Waals surface area contributed by atoms with Crippen LogP contribution < -0.4 is 10.7 Å². The highest BCUT2D eigenvalue weighted by Crippen LogP contribution is 2.16. The number of H-pyrrole nitrogens is 1. The van der Waals surface area contributed by atoms with Crippen LogP contribution in [0.2, 0.25) is 0 Å². The molecule has 0 aliphatic carbocycles. The lowest BCUT2D eigenvalue weighted by molar-refractivity contribution is -0.125. The molecule has 120 valence electrons. The molecule has 1 aromatic heterocycles. The van der Waals surface area contributed by atoms with E-state index in [1.807, 2.05) is 24.3 Å². The van der Waals surface area contributed by atoms with E-state index in [1.54, 1.807) is 6.07 Å². The first-order valence-electron chi connectivity index (χ1n) is 7.90. The zero-order valence-electron chi connectivity index (χ0n) is 12.7. The summed E-state index contributed by atoms with van der Waals surface area (Å²) < 4.78 is 5.54. The maximum atomic E-state index is 12.2. The number of pyridine rings is 1. The number of hydrogen-bond acceptors (Lipinski definition) is 4. The quantitative estimate of drug-likeness (QED) is 0.845. The fourth-order valence-corrected chi connectivity index (χ4v) is 3.43. The van der Waals surface area contributed by atoms with Gasteiger partial charge in [0.2, 0.25) is 5.91 Å². The minimum absolute atomic E-state index is 0.0159. The van der Waals surface area contributed by atoms with Crippen molar-refractivity contribution in [1.82, 2.24) is 15.2 Å². The molecule has 2 aliphatic heterocycles. The van der Waals surface area contributed by atoms with Gasteiger partial charge in [-0.25, -0.2) is 0 Å². The Bertz CT molecular complexity index is 801. The lowest BCUT2D eigenvalue weighted by atomic mass is 10.1. The Morgan fingerprint density at radius 2 is 2.04 bits per heavy atom. The molecule has 4 rings (SSSR count). The number of aromatic nitrogens is 1. The molecule has 1 amide bonds. The molecule has 2 aliphatic rings. The number of fused-ring (bicyclic) bond motifs is 4. The van der Waals surface area contributed by atoms with Crippen molar-refractivity contribution in [3.63, 3.8) is 0 Å². The molecule has 1 aromatic carbocycles. The number of nitrogens with one attached hydrogen (secondary N) is 2. The van der Waals surface area contributed by atoms with Crippen LogP contribution in [0.3, 0.4) is 0 Å². The summed E-state index contributed by atoms with van der Waals surface area (Å²) in [5.41, 5.74) is 1.76. The maximum absolute atomic E-state index is 12.2. The van der Waals surface area contributed by atoms with Gasteiger partial charge in [-0.05, 0) is 12.1 Å². The van der Waals surface area contributed by atoms with Crippen molar-refractivity contribution < 1.29 is 9.53 Å². The standard InChI is InChI=1S/C17H19N3O3/c21-16-5-12(18-15-4-2-1-3-14(15)16)7-20-6-11-9-23-10-13(8-20)19-17(11)22/h1-5,11,13H,6-10H2,(H,18,21)(H,19,22)/t11-,13+/m1/s1. The zero-order chi connectivity index (χ0) is 15.8. The molecule has 0 unspecified atom stereocenters. The van der Waals surface area contributed by atoms with E-state index in [9.17, 15) is 9.59 Å². The Hall–Kier alpha value is -2.18. The third-order valence-corrected chi connectivity index (χ3v) is 4.50. The number of ether oxygens (including phenoxy) is 1. The van der Waals surface area contributed by atoms with Gasteiger partial charge in [0.15, 0.2) is 5.43 Å². The van der Waals surface area contributed by atoms with E-state index < -0.39 is 0 Å². The number of carbonyl (C=O) groups is 1. The van der Waals surface area contributed by atoms with Crippen molar-refractivity contribution >= 4 is 16.8 Å². The summed E-state index contributed by atoms with van der Waals surface area (Å²) >= 11 is 0. The molecule has 0 radical (unpaired) electrons. The molecular weight excluding hydrogens is 294 g/mol. The first kappa shape index (κ1) is 14.4. The van der Waals surface area contributed by atoms with Crippen LogP contribution in [0, 0.1) is 5.92 Å². The second kappa shape index (κ2) is 5.79. The van der Waals surface area contributed by atoms with E-state index in [0.717, 1.165) is 17.8 Å². The molecule has 2 N–H and O–H groups in total. The van der Waals surface area contributed by atoms with Gasteiger partial charge >= 0.3 is 0 Å². The van der Waals surface area contributed by atoms with Gasteiger partial charge in [0.05, 0.1) is 25.2 Å². The van der Waals surface area contributed by atoms with E-state index in [4.69, 9.17) is 4.74 Å². The Morgan fingerprint density at radius 3 is 2.96 bits per heavy atom. The third-order valence-electron chi connectivity index (χ3n) is 4.50. The smallest absolute Gasteiger partial charge is 0.227 e. The van der Waals surface area contributed by atoms with E-state index >= 15 is 0 Å². The van der Waals surface area contributed by atoms with Crippen molar-refractivity contribution in [2.75, 3.05) is 26.3 Å². The molecule has 2 bridgehead atoms. The first-order chi connectivity index (χ1) is 11.2. The monoisotopic (exact) mass is 313 g/mol. The molecular formula is C17H19N3O3. The van der Waals surface area contributed by atoms with E-state index in [2.05, 4.69) is 15.2 Å². The molecule has 6 heteroatoms. The number of benzene rings is 1. The molecule has 6 nitrogen and oxygen atoms in total. The number of hydrogen-bond donors (Lipinski definition) is 2. The highest BCUT2D eigenvalue weighted by Gasteiger charge is 2.33. The van der Waals surface area contributed by atoms with Gasteiger partial charge in [0, 0.05) is 42.3 Å². The van der Waals surface area contributed by atoms with Crippen LogP contribution in [0.1, 0.15) is 5.69 Å². The van der Waals surface area contributed by atoms with Crippen LogP contribution in [-0.2, 0) is 16.1 Å². The highest BCUT2D eigenvalue weighted by molar-refractivity contribution is 5.80. The zero-order valence-corrected chi connectivity index (χ0v) is 12.7. The molecule has 2 saturated heterocycles. The first-order valence-corrected chi connectivity index (χ1v) is 7.90. The second-order valence-electron chi connectivity index (χ2n) is 6.34. The van der Waals surface area contributed by atoms with Crippen molar-refractivity contribution in [2.24, 2.45) is 5.92 Å². The van der Waals surface area contributed by atoms with Crippen molar-refractivity contribution in [2.45, 2.75) is 12.6 Å². The minimum Gasteiger partial charge on any atom is -0.378 e. The Morgan fingerprint density at radius 1 is 1.17 bits per heavy atom. The van der Waals surface area contributed by atoms with Gasteiger partial charge in [-0.1, -0.05) is 12.1 Å². The Kier molecular flexibility index (Phi) is 3.63. The molecule has 23 heavy (non-hydrogen) atoms. The summed E-state index contributed by atoms with van der Waals surface area (Å²) in [7, 11) is 0. The van der Waals surface area contributed by atoms with Crippen LogP contribution in [0.4, 0.5) is 0 Å². The third kappa shape index (κ3) is 2.87. The van der Waals surface area contributed by atoms with E-state index in [1.165, 1.54) is 0 Å². The summed E-state index contributed by atoms with van der Waals surface area (Å²) in [6.45, 7) is 3.02. The van der Waals surface area contributed by atoms with Gasteiger partial charge in [-0.15, -0.1) is 0 Å². The fourth-order valence-electron chi connectivity index (χ4n) is 3.43. The fraction of sp³-hybridized carbons (Fsp3) is 0.412. The predicted molar refractivity (Wildman–Crippen MR) is 86.1 cm³/mol. The molecule has 0 saturated carbocycles. The van der Waals surface area contributed by atoms with Crippen molar-refractivity contribution in [3.8, 4) is 0 Å². The van der Waals surface area contributed by atoms with E-state index in [-0.39, 0.29) is 23.3 Å². The van der Waals surface area contributed by atoms with E-state index in [0.29, 0.717) is 31.7 Å². The number of aromatic amines is 1. The molecule has 2 fully saturated rings. The van der Waals surface area contributed by atoms with Crippen LogP contribution in [0.5, 0.6) is 0 Å². The lowest BCUT2D eigenvalue weighted by Crippen LogP contribution is -2.41. The second-order valence-corrected chi connectivity index (χ2v) is 6.34. The summed E-state index contributed by atoms with van der Waals surface area (Å²) in [6, 6.07) is 9.20. The average Bonchev–Trinajstić information content (AvgIpc) is 2.76. The minimum atomic E-state index is -0.144.